The van der Waals surface area contributed by atoms with Crippen LogP contribution in [0.25, 0.3) is 22.5 Å². The molecule has 0 amide bonds. The number of anilines is 3. The van der Waals surface area contributed by atoms with E-state index in [2.05, 4.69) is 20.1 Å². The van der Waals surface area contributed by atoms with Crippen molar-refractivity contribution < 1.29 is 18.6 Å². The number of hydrogen-bond donors (Lipinski definition) is 1. The Bertz CT molecular complexity index is 1310. The van der Waals surface area contributed by atoms with Gasteiger partial charge in [0.15, 0.2) is 11.4 Å². The third-order valence-electron chi connectivity index (χ3n) is 6.45. The van der Waals surface area contributed by atoms with E-state index in [0.717, 1.165) is 48.6 Å². The number of nitrogens with one attached hydrogen (secondary N) is 1. The monoisotopic (exact) mass is 503 g/mol. The molecule has 0 aliphatic carbocycles. The van der Waals surface area contributed by atoms with E-state index in [9.17, 15) is 0 Å². The van der Waals surface area contributed by atoms with Crippen LogP contribution in [0.2, 0.25) is 0 Å². The maximum absolute atomic E-state index is 6.02. The summed E-state index contributed by atoms with van der Waals surface area (Å²) < 4.78 is 22.3. The Hall–Kier alpha value is -3.96. The maximum atomic E-state index is 6.02. The molecule has 11 nitrogen and oxygen atoms in total. The van der Waals surface area contributed by atoms with Crippen LogP contribution in [0.5, 0.6) is 5.75 Å². The standard InChI is InChI=1S/C26H29N7O4/c1-34-20-5-2-18(3-6-20)17-27-26-28-21-7-4-19(16-22(21)37-26)23-29-24(32-8-12-35-13-9-32)31-25(30-23)33-10-14-36-15-11-33/h2-7,16H,8-15,17H2,1H3,(H,27,28). The van der Waals surface area contributed by atoms with Gasteiger partial charge >= 0.3 is 0 Å². The highest BCUT2D eigenvalue weighted by Gasteiger charge is 2.21. The van der Waals surface area contributed by atoms with Crippen molar-refractivity contribution in [1.82, 2.24) is 19.9 Å². The smallest absolute Gasteiger partial charge is 0.295 e. The molecule has 6 rings (SSSR count). The molecule has 1 N–H and O–H groups in total. The molecule has 4 aromatic rings. The molecule has 2 fully saturated rings. The van der Waals surface area contributed by atoms with Gasteiger partial charge in [-0.05, 0) is 35.9 Å². The fourth-order valence-corrected chi connectivity index (χ4v) is 4.35. The number of hydrogen-bond acceptors (Lipinski definition) is 11. The molecule has 2 aliphatic heterocycles. The highest BCUT2D eigenvalue weighted by Crippen LogP contribution is 2.27. The van der Waals surface area contributed by atoms with Gasteiger partial charge in [0.25, 0.3) is 6.01 Å². The fraction of sp³-hybridized carbons (Fsp3) is 0.385. The SMILES string of the molecule is COc1ccc(CNc2nc3ccc(-c4nc(N5CCOCC5)nc(N5CCOCC5)n4)cc3o2)cc1. The van der Waals surface area contributed by atoms with E-state index < -0.39 is 0 Å². The lowest BCUT2D eigenvalue weighted by Crippen LogP contribution is -2.40. The second-order valence-electron chi connectivity index (χ2n) is 8.86. The molecule has 192 valence electrons. The first-order valence-corrected chi connectivity index (χ1v) is 12.4. The molecular weight excluding hydrogens is 474 g/mol. The van der Waals surface area contributed by atoms with Gasteiger partial charge in [-0.15, -0.1) is 0 Å². The molecule has 2 aliphatic rings. The molecule has 37 heavy (non-hydrogen) atoms. The minimum Gasteiger partial charge on any atom is -0.497 e. The number of oxazole rings is 1. The van der Waals surface area contributed by atoms with Crippen LogP contribution >= 0.6 is 0 Å². The van der Waals surface area contributed by atoms with Crippen molar-refractivity contribution in [2.75, 3.05) is 74.8 Å². The van der Waals surface area contributed by atoms with Crippen molar-refractivity contribution in [3.05, 3.63) is 48.0 Å². The molecule has 0 bridgehead atoms. The Kier molecular flexibility index (Phi) is 6.70. The van der Waals surface area contributed by atoms with Gasteiger partial charge in [-0.3, -0.25) is 0 Å². The van der Waals surface area contributed by atoms with Crippen LogP contribution in [0.15, 0.2) is 46.9 Å². The summed E-state index contributed by atoms with van der Waals surface area (Å²) in [6, 6.07) is 14.2. The van der Waals surface area contributed by atoms with Crippen molar-refractivity contribution in [3.63, 3.8) is 0 Å². The van der Waals surface area contributed by atoms with E-state index in [0.29, 0.717) is 62.3 Å². The van der Waals surface area contributed by atoms with E-state index in [4.69, 9.17) is 33.6 Å². The predicted molar refractivity (Wildman–Crippen MR) is 139 cm³/mol. The fourth-order valence-electron chi connectivity index (χ4n) is 4.35. The Labute approximate surface area is 214 Å². The normalized spacial score (nSPS) is 16.2. The molecule has 2 saturated heterocycles. The highest BCUT2D eigenvalue weighted by molar-refractivity contribution is 5.80. The molecule has 2 aromatic carbocycles. The number of benzene rings is 2. The minimum absolute atomic E-state index is 0.460. The Morgan fingerprint density at radius 1 is 0.811 bits per heavy atom. The number of nitrogens with zero attached hydrogens (tertiary/aromatic N) is 6. The molecule has 0 spiro atoms. The summed E-state index contributed by atoms with van der Waals surface area (Å²) in [5, 5.41) is 3.25. The zero-order valence-corrected chi connectivity index (χ0v) is 20.7. The summed E-state index contributed by atoms with van der Waals surface area (Å²) >= 11 is 0. The summed E-state index contributed by atoms with van der Waals surface area (Å²) in [7, 11) is 1.66. The highest BCUT2D eigenvalue weighted by atomic mass is 16.5. The van der Waals surface area contributed by atoms with Crippen molar-refractivity contribution in [3.8, 4) is 17.1 Å². The van der Waals surface area contributed by atoms with E-state index >= 15 is 0 Å². The van der Waals surface area contributed by atoms with Gasteiger partial charge in [0.2, 0.25) is 11.9 Å². The van der Waals surface area contributed by atoms with Crippen molar-refractivity contribution in [2.24, 2.45) is 0 Å². The number of fused-ring (bicyclic) bond motifs is 1. The molecule has 2 aromatic heterocycles. The van der Waals surface area contributed by atoms with E-state index in [1.807, 2.05) is 42.5 Å². The van der Waals surface area contributed by atoms with Crippen molar-refractivity contribution in [1.29, 1.82) is 0 Å². The van der Waals surface area contributed by atoms with Crippen LogP contribution in [0, 0.1) is 0 Å². The van der Waals surface area contributed by atoms with Crippen molar-refractivity contribution >= 4 is 29.0 Å². The van der Waals surface area contributed by atoms with Gasteiger partial charge in [-0.1, -0.05) is 12.1 Å². The van der Waals surface area contributed by atoms with E-state index in [1.54, 1.807) is 7.11 Å². The van der Waals surface area contributed by atoms with Crippen LogP contribution in [0.3, 0.4) is 0 Å². The van der Waals surface area contributed by atoms with Crippen LogP contribution in [-0.4, -0.2) is 79.7 Å². The second kappa shape index (κ2) is 10.6. The lowest BCUT2D eigenvalue weighted by atomic mass is 10.2. The number of ether oxygens (including phenoxy) is 3. The minimum atomic E-state index is 0.460. The van der Waals surface area contributed by atoms with E-state index in [-0.39, 0.29) is 0 Å². The Morgan fingerprint density at radius 3 is 2.08 bits per heavy atom. The first kappa shape index (κ1) is 23.4. The summed E-state index contributed by atoms with van der Waals surface area (Å²) in [5.41, 5.74) is 3.37. The van der Waals surface area contributed by atoms with Crippen LogP contribution in [0.4, 0.5) is 17.9 Å². The summed E-state index contributed by atoms with van der Waals surface area (Å²) in [4.78, 5) is 23.3. The Balaban J connectivity index is 1.27. The van der Waals surface area contributed by atoms with Crippen LogP contribution in [-0.2, 0) is 16.0 Å². The number of aromatic nitrogens is 4. The van der Waals surface area contributed by atoms with Gasteiger partial charge in [0.05, 0.1) is 33.5 Å². The first-order valence-electron chi connectivity index (χ1n) is 12.4. The maximum Gasteiger partial charge on any atom is 0.295 e. The third kappa shape index (κ3) is 5.27. The number of rotatable bonds is 7. The number of morpholine rings is 2. The molecule has 0 atom stereocenters. The second-order valence-corrected chi connectivity index (χ2v) is 8.86. The Morgan fingerprint density at radius 2 is 1.46 bits per heavy atom. The first-order chi connectivity index (χ1) is 18.2. The number of methoxy groups -OCH3 is 1. The molecule has 4 heterocycles. The van der Waals surface area contributed by atoms with Gasteiger partial charge in [-0.25, -0.2) is 0 Å². The van der Waals surface area contributed by atoms with Crippen LogP contribution < -0.4 is 19.9 Å². The summed E-state index contributed by atoms with van der Waals surface area (Å²) in [6.45, 7) is 6.20. The third-order valence-corrected chi connectivity index (χ3v) is 6.45. The lowest BCUT2D eigenvalue weighted by Gasteiger charge is -2.30. The molecule has 0 radical (unpaired) electrons. The lowest BCUT2D eigenvalue weighted by molar-refractivity contribution is 0.121. The topological polar surface area (TPSA) is 111 Å². The zero-order chi connectivity index (χ0) is 25.0. The van der Waals surface area contributed by atoms with Gasteiger partial charge in [0, 0.05) is 38.3 Å². The zero-order valence-electron chi connectivity index (χ0n) is 20.7. The van der Waals surface area contributed by atoms with Crippen molar-refractivity contribution in [2.45, 2.75) is 6.54 Å². The van der Waals surface area contributed by atoms with E-state index in [1.165, 1.54) is 0 Å². The quantitative estimate of drug-likeness (QED) is 0.402. The average Bonchev–Trinajstić information content (AvgIpc) is 3.39. The van der Waals surface area contributed by atoms with Gasteiger partial charge < -0.3 is 33.7 Å². The van der Waals surface area contributed by atoms with Crippen LogP contribution in [0.1, 0.15) is 5.56 Å². The summed E-state index contributed by atoms with van der Waals surface area (Å²) in [6.07, 6.45) is 0. The average molecular weight is 504 g/mol. The molecule has 11 heteroatoms. The predicted octanol–water partition coefficient (Wildman–Crippen LogP) is 2.97. The molecular formula is C26H29N7O4. The van der Waals surface area contributed by atoms with Gasteiger partial charge in [-0.2, -0.15) is 19.9 Å². The molecule has 0 saturated carbocycles. The largest absolute Gasteiger partial charge is 0.497 e. The molecule has 0 unspecified atom stereocenters. The van der Waals surface area contributed by atoms with Gasteiger partial charge in [0.1, 0.15) is 11.3 Å². The summed E-state index contributed by atoms with van der Waals surface area (Å²) in [5.74, 6) is 2.75.